The van der Waals surface area contributed by atoms with Crippen LogP contribution in [0.25, 0.3) is 16.9 Å². The van der Waals surface area contributed by atoms with E-state index in [4.69, 9.17) is 0 Å². The van der Waals surface area contributed by atoms with Gasteiger partial charge in [-0.2, -0.15) is 0 Å². The summed E-state index contributed by atoms with van der Waals surface area (Å²) in [6.07, 6.45) is 8.28. The average Bonchev–Trinajstić information content (AvgIpc) is 3.47. The number of anilines is 3. The van der Waals surface area contributed by atoms with E-state index < -0.39 is 0 Å². The minimum absolute atomic E-state index is 0.155. The molecule has 4 aromatic rings. The van der Waals surface area contributed by atoms with Gasteiger partial charge in [0.15, 0.2) is 0 Å². The summed E-state index contributed by atoms with van der Waals surface area (Å²) < 4.78 is 3.25. The quantitative estimate of drug-likeness (QED) is 0.417. The molecule has 0 saturated carbocycles. The van der Waals surface area contributed by atoms with Crippen molar-refractivity contribution in [3.63, 3.8) is 0 Å². The number of amides is 1. The van der Waals surface area contributed by atoms with E-state index in [0.717, 1.165) is 48.4 Å². The van der Waals surface area contributed by atoms with Gasteiger partial charge < -0.3 is 25.2 Å². The molecule has 1 saturated heterocycles. The lowest BCUT2D eigenvalue weighted by Gasteiger charge is -2.31. The molecule has 35 heavy (non-hydrogen) atoms. The van der Waals surface area contributed by atoms with Crippen LogP contribution in [-0.4, -0.2) is 49.1 Å². The lowest BCUT2D eigenvalue weighted by molar-refractivity contribution is 0.0966. The summed E-state index contributed by atoms with van der Waals surface area (Å²) in [5.41, 5.74) is 4.86. The lowest BCUT2D eigenvalue weighted by Crippen LogP contribution is -2.35. The molecular weight excluding hydrogens is 446 g/mol. The summed E-state index contributed by atoms with van der Waals surface area (Å²) in [5, 5.41) is 15.9. The van der Waals surface area contributed by atoms with Crippen molar-refractivity contribution in [2.24, 2.45) is 7.05 Å². The van der Waals surface area contributed by atoms with Gasteiger partial charge >= 0.3 is 0 Å². The van der Waals surface area contributed by atoms with Crippen molar-refractivity contribution >= 4 is 28.7 Å². The minimum Gasteiger partial charge on any atom is -0.393 e. The number of rotatable bonds is 4. The third-order valence-electron chi connectivity index (χ3n) is 6.83. The molecule has 3 aromatic heterocycles. The van der Waals surface area contributed by atoms with E-state index in [1.165, 1.54) is 4.57 Å². The maximum Gasteiger partial charge on any atom is 0.293 e. The Balaban J connectivity index is 1.32. The molecule has 178 valence electrons. The van der Waals surface area contributed by atoms with Crippen LogP contribution in [-0.2, 0) is 13.6 Å². The predicted octanol–water partition coefficient (Wildman–Crippen LogP) is 2.04. The van der Waals surface area contributed by atoms with Crippen molar-refractivity contribution in [3.05, 3.63) is 70.5 Å². The monoisotopic (exact) mass is 471 g/mol. The highest BCUT2D eigenvalue weighted by molar-refractivity contribution is 6.06. The maximum absolute atomic E-state index is 12.8. The van der Waals surface area contributed by atoms with Crippen molar-refractivity contribution in [2.75, 3.05) is 23.3 Å². The van der Waals surface area contributed by atoms with Crippen LogP contribution >= 0.6 is 0 Å². The molecule has 0 unspecified atom stereocenters. The highest BCUT2D eigenvalue weighted by atomic mass is 16.3. The van der Waals surface area contributed by atoms with Gasteiger partial charge in [-0.3, -0.25) is 14.0 Å². The van der Waals surface area contributed by atoms with Crippen LogP contribution in [0, 0.1) is 0 Å². The number of hydrogen-bond donors (Lipinski definition) is 3. The Labute approximate surface area is 200 Å². The number of carbonyl (C=O) groups is 1. The maximum atomic E-state index is 12.8. The number of pyridine rings is 1. The largest absolute Gasteiger partial charge is 0.393 e. The molecular formula is C25H25N7O3. The summed E-state index contributed by atoms with van der Waals surface area (Å²) in [7, 11) is 1.69. The van der Waals surface area contributed by atoms with Crippen LogP contribution < -0.4 is 21.1 Å². The summed E-state index contributed by atoms with van der Waals surface area (Å²) >= 11 is 0. The Bertz CT molecular complexity index is 1500. The van der Waals surface area contributed by atoms with Crippen molar-refractivity contribution in [3.8, 4) is 11.3 Å². The van der Waals surface area contributed by atoms with Crippen LogP contribution in [0.3, 0.4) is 0 Å². The molecule has 2 aliphatic rings. The van der Waals surface area contributed by atoms with E-state index in [1.54, 1.807) is 30.0 Å². The van der Waals surface area contributed by atoms with E-state index in [0.29, 0.717) is 29.3 Å². The predicted molar refractivity (Wildman–Crippen MR) is 132 cm³/mol. The van der Waals surface area contributed by atoms with Gasteiger partial charge in [-0.1, -0.05) is 6.07 Å². The van der Waals surface area contributed by atoms with Gasteiger partial charge in [0, 0.05) is 44.6 Å². The van der Waals surface area contributed by atoms with Crippen LogP contribution in [0.2, 0.25) is 0 Å². The number of nitrogens with one attached hydrogen (secondary N) is 2. The zero-order chi connectivity index (χ0) is 24.1. The second-order valence-electron chi connectivity index (χ2n) is 8.99. The second kappa shape index (κ2) is 8.24. The third kappa shape index (κ3) is 3.62. The van der Waals surface area contributed by atoms with Crippen LogP contribution in [0.4, 0.5) is 17.2 Å². The van der Waals surface area contributed by atoms with Crippen LogP contribution in [0.5, 0.6) is 0 Å². The molecule has 2 aliphatic heterocycles. The first-order valence-corrected chi connectivity index (χ1v) is 11.6. The Morgan fingerprint density at radius 2 is 1.89 bits per heavy atom. The number of benzene rings is 1. The number of aliphatic hydroxyl groups excluding tert-OH is 1. The van der Waals surface area contributed by atoms with Gasteiger partial charge in [0.2, 0.25) is 5.65 Å². The molecule has 1 amide bonds. The lowest BCUT2D eigenvalue weighted by atomic mass is 9.99. The van der Waals surface area contributed by atoms with Crippen molar-refractivity contribution in [1.29, 1.82) is 0 Å². The molecule has 10 heteroatoms. The number of aromatic nitrogens is 4. The van der Waals surface area contributed by atoms with Crippen LogP contribution in [0.1, 0.15) is 28.8 Å². The van der Waals surface area contributed by atoms with E-state index in [1.807, 2.05) is 30.5 Å². The Kier molecular flexibility index (Phi) is 5.03. The minimum atomic E-state index is -0.220. The molecule has 0 bridgehead atoms. The van der Waals surface area contributed by atoms with E-state index >= 15 is 0 Å². The van der Waals surface area contributed by atoms with Crippen molar-refractivity contribution in [1.82, 2.24) is 24.3 Å². The first-order valence-electron chi connectivity index (χ1n) is 11.6. The number of imidazole rings is 1. The average molecular weight is 472 g/mol. The topological polar surface area (TPSA) is 117 Å². The van der Waals surface area contributed by atoms with E-state index in [9.17, 15) is 14.7 Å². The molecule has 0 spiro atoms. The number of piperidine rings is 1. The number of fused-ring (bicyclic) bond motifs is 2. The number of hydrogen-bond acceptors (Lipinski definition) is 7. The zero-order valence-electron chi connectivity index (χ0n) is 19.2. The highest BCUT2D eigenvalue weighted by Crippen LogP contribution is 2.35. The Morgan fingerprint density at radius 3 is 2.66 bits per heavy atom. The van der Waals surface area contributed by atoms with E-state index in [-0.39, 0.29) is 17.6 Å². The molecule has 0 atom stereocenters. The molecule has 5 heterocycles. The summed E-state index contributed by atoms with van der Waals surface area (Å²) in [6.45, 7) is 2.00. The van der Waals surface area contributed by atoms with Gasteiger partial charge in [0.1, 0.15) is 5.82 Å². The molecule has 0 radical (unpaired) electrons. The summed E-state index contributed by atoms with van der Waals surface area (Å²) in [5.74, 6) is 0.483. The smallest absolute Gasteiger partial charge is 0.293 e. The first-order chi connectivity index (χ1) is 17.0. The van der Waals surface area contributed by atoms with Crippen molar-refractivity contribution in [2.45, 2.75) is 25.5 Å². The molecule has 3 N–H and O–H groups in total. The molecule has 1 fully saturated rings. The number of nitrogens with zero attached hydrogens (tertiary/aromatic N) is 5. The summed E-state index contributed by atoms with van der Waals surface area (Å²) in [4.78, 5) is 36.3. The molecule has 0 aliphatic carbocycles. The molecule has 6 rings (SSSR count). The normalized spacial score (nSPS) is 15.9. The Morgan fingerprint density at radius 1 is 1.06 bits per heavy atom. The van der Waals surface area contributed by atoms with Crippen LogP contribution in [0.15, 0.2) is 53.8 Å². The second-order valence-corrected chi connectivity index (χ2v) is 8.99. The van der Waals surface area contributed by atoms with Gasteiger partial charge in [-0.05, 0) is 36.6 Å². The number of aryl methyl sites for hydroxylation is 1. The van der Waals surface area contributed by atoms with Gasteiger partial charge in [0.25, 0.3) is 11.5 Å². The third-order valence-corrected chi connectivity index (χ3v) is 6.83. The van der Waals surface area contributed by atoms with Crippen molar-refractivity contribution < 1.29 is 9.90 Å². The highest BCUT2D eigenvalue weighted by Gasteiger charge is 2.27. The SMILES string of the molecule is Cn1ccn2c(-c3ccc(Nc4ccc(N5CCC(O)CC5)cn4)c4c3CNC4=O)cnc2c1=O. The standard InChI is InChI=1S/C25H25N7O3/c1-30-10-11-32-20(14-27-23(32)25(30)35)17-3-4-19(22-18(17)13-28-24(22)34)29-21-5-2-15(12-26-21)31-8-6-16(33)7-9-31/h2-5,10-12,14,16,33H,6-9,13H2,1H3,(H,26,29)(H,28,34). The fourth-order valence-electron chi connectivity index (χ4n) is 4.86. The van der Waals surface area contributed by atoms with Gasteiger partial charge in [-0.25, -0.2) is 9.97 Å². The zero-order valence-corrected chi connectivity index (χ0v) is 19.2. The summed E-state index contributed by atoms with van der Waals surface area (Å²) in [6, 6.07) is 7.70. The molecule has 10 nitrogen and oxygen atoms in total. The fourth-order valence-corrected chi connectivity index (χ4v) is 4.86. The molecule has 1 aromatic carbocycles. The number of carbonyl (C=O) groups excluding carboxylic acids is 1. The Hall–Kier alpha value is -4.18. The first kappa shape index (κ1) is 21.4. The fraction of sp³-hybridized carbons (Fsp3) is 0.280. The van der Waals surface area contributed by atoms with Gasteiger partial charge in [0.05, 0.1) is 41.1 Å². The number of aliphatic hydroxyl groups is 1. The van der Waals surface area contributed by atoms with Gasteiger partial charge in [-0.15, -0.1) is 0 Å². The van der Waals surface area contributed by atoms with E-state index in [2.05, 4.69) is 25.5 Å².